The first-order valence-corrected chi connectivity index (χ1v) is 11.3. The number of ketones is 1. The van der Waals surface area contributed by atoms with Gasteiger partial charge in [-0.3, -0.25) is 9.36 Å². The van der Waals surface area contributed by atoms with Gasteiger partial charge in [0.25, 0.3) is 0 Å². The first-order chi connectivity index (χ1) is 15.6. The van der Waals surface area contributed by atoms with Crippen LogP contribution in [0.15, 0.2) is 84.0 Å². The van der Waals surface area contributed by atoms with E-state index in [1.807, 2.05) is 59.2 Å². The third-order valence-corrected chi connectivity index (χ3v) is 5.93. The zero-order chi connectivity index (χ0) is 22.3. The van der Waals surface area contributed by atoms with Gasteiger partial charge in [0, 0.05) is 22.0 Å². The van der Waals surface area contributed by atoms with Gasteiger partial charge in [-0.1, -0.05) is 41.6 Å². The standard InChI is InChI=1S/C24H21ClN4O2S/c1-31-21-13-11-19(12-14-21)26-15-23-27-28-24(29(23)20-5-3-2-4-6-20)32-16-22(30)17-7-9-18(25)10-8-17/h2-14,26H,15-16H2,1H3. The number of carbonyl (C=O) groups is 1. The average molecular weight is 465 g/mol. The Morgan fingerprint density at radius 2 is 1.72 bits per heavy atom. The number of nitrogens with one attached hydrogen (secondary N) is 1. The van der Waals surface area contributed by atoms with Crippen molar-refractivity contribution in [3.8, 4) is 11.4 Å². The fraction of sp³-hybridized carbons (Fsp3) is 0.125. The van der Waals surface area contributed by atoms with Gasteiger partial charge in [0.15, 0.2) is 16.8 Å². The number of anilines is 1. The molecule has 8 heteroatoms. The van der Waals surface area contributed by atoms with E-state index in [0.29, 0.717) is 22.3 Å². The molecule has 1 heterocycles. The van der Waals surface area contributed by atoms with Crippen LogP contribution in [0.3, 0.4) is 0 Å². The van der Waals surface area contributed by atoms with Crippen molar-refractivity contribution in [1.82, 2.24) is 14.8 Å². The van der Waals surface area contributed by atoms with Gasteiger partial charge in [-0.25, -0.2) is 0 Å². The van der Waals surface area contributed by atoms with E-state index in [9.17, 15) is 4.79 Å². The molecular weight excluding hydrogens is 444 g/mol. The van der Waals surface area contributed by atoms with Gasteiger partial charge in [-0.15, -0.1) is 10.2 Å². The number of benzene rings is 3. The Balaban J connectivity index is 1.52. The molecule has 3 aromatic carbocycles. The van der Waals surface area contributed by atoms with Crippen LogP contribution in [-0.2, 0) is 6.54 Å². The number of thioether (sulfide) groups is 1. The predicted molar refractivity (Wildman–Crippen MR) is 128 cm³/mol. The fourth-order valence-corrected chi connectivity index (χ4v) is 4.08. The van der Waals surface area contributed by atoms with E-state index in [1.54, 1.807) is 31.4 Å². The summed E-state index contributed by atoms with van der Waals surface area (Å²) in [4.78, 5) is 12.6. The van der Waals surface area contributed by atoms with Gasteiger partial charge >= 0.3 is 0 Å². The molecule has 6 nitrogen and oxygen atoms in total. The second kappa shape index (κ2) is 10.3. The van der Waals surface area contributed by atoms with E-state index in [4.69, 9.17) is 16.3 Å². The molecule has 4 aromatic rings. The second-order valence-corrected chi connectivity index (χ2v) is 8.25. The highest BCUT2D eigenvalue weighted by atomic mass is 35.5. The molecule has 32 heavy (non-hydrogen) atoms. The molecule has 4 rings (SSSR count). The fourth-order valence-electron chi connectivity index (χ4n) is 3.08. The lowest BCUT2D eigenvalue weighted by atomic mass is 10.1. The van der Waals surface area contributed by atoms with Gasteiger partial charge in [-0.05, 0) is 60.7 Å². The normalized spacial score (nSPS) is 10.7. The number of ether oxygens (including phenoxy) is 1. The molecule has 1 N–H and O–H groups in total. The minimum atomic E-state index is 0.00665. The predicted octanol–water partition coefficient (Wildman–Crippen LogP) is 5.52. The molecule has 1 aromatic heterocycles. The largest absolute Gasteiger partial charge is 0.497 e. The maximum Gasteiger partial charge on any atom is 0.196 e. The van der Waals surface area contributed by atoms with Crippen molar-refractivity contribution in [3.63, 3.8) is 0 Å². The molecular formula is C24H21ClN4O2S. The topological polar surface area (TPSA) is 69.0 Å². The highest BCUT2D eigenvalue weighted by Gasteiger charge is 2.16. The molecule has 0 fully saturated rings. The van der Waals surface area contributed by atoms with E-state index in [2.05, 4.69) is 15.5 Å². The van der Waals surface area contributed by atoms with Crippen LogP contribution in [0.2, 0.25) is 5.02 Å². The lowest BCUT2D eigenvalue weighted by Gasteiger charge is -2.11. The summed E-state index contributed by atoms with van der Waals surface area (Å²) < 4.78 is 7.17. The van der Waals surface area contributed by atoms with Crippen LogP contribution in [0.5, 0.6) is 5.75 Å². The zero-order valence-electron chi connectivity index (χ0n) is 17.4. The Bertz CT molecular complexity index is 1180. The number of rotatable bonds is 9. The van der Waals surface area contributed by atoms with E-state index in [1.165, 1.54) is 11.8 Å². The van der Waals surface area contributed by atoms with E-state index < -0.39 is 0 Å². The number of hydrogen-bond acceptors (Lipinski definition) is 6. The van der Waals surface area contributed by atoms with Gasteiger partial charge < -0.3 is 10.1 Å². The van der Waals surface area contributed by atoms with E-state index >= 15 is 0 Å². The molecule has 0 unspecified atom stereocenters. The first kappa shape index (κ1) is 21.9. The molecule has 0 aliphatic heterocycles. The summed E-state index contributed by atoms with van der Waals surface area (Å²) in [7, 11) is 1.64. The second-order valence-electron chi connectivity index (χ2n) is 6.87. The summed E-state index contributed by atoms with van der Waals surface area (Å²) >= 11 is 7.28. The summed E-state index contributed by atoms with van der Waals surface area (Å²) in [5, 5.41) is 13.4. The monoisotopic (exact) mass is 464 g/mol. The average Bonchev–Trinajstić information content (AvgIpc) is 3.25. The van der Waals surface area contributed by atoms with Crippen LogP contribution < -0.4 is 10.1 Å². The number of methoxy groups -OCH3 is 1. The van der Waals surface area contributed by atoms with Crippen molar-refractivity contribution < 1.29 is 9.53 Å². The van der Waals surface area contributed by atoms with Gasteiger partial charge in [0.1, 0.15) is 5.75 Å². The van der Waals surface area contributed by atoms with Crippen molar-refractivity contribution in [2.75, 3.05) is 18.2 Å². The van der Waals surface area contributed by atoms with Crippen LogP contribution in [0, 0.1) is 0 Å². The highest BCUT2D eigenvalue weighted by molar-refractivity contribution is 7.99. The van der Waals surface area contributed by atoms with Crippen molar-refractivity contribution in [3.05, 3.63) is 95.3 Å². The molecule has 0 spiro atoms. The van der Waals surface area contributed by atoms with Crippen LogP contribution in [0.1, 0.15) is 16.2 Å². The van der Waals surface area contributed by atoms with Crippen LogP contribution in [-0.4, -0.2) is 33.4 Å². The van der Waals surface area contributed by atoms with Crippen molar-refractivity contribution in [2.24, 2.45) is 0 Å². The number of Topliss-reactive ketones (excluding diaryl/α,β-unsaturated/α-hetero) is 1. The number of nitrogens with zero attached hydrogens (tertiary/aromatic N) is 3. The van der Waals surface area contributed by atoms with Crippen LogP contribution in [0.4, 0.5) is 5.69 Å². The zero-order valence-corrected chi connectivity index (χ0v) is 18.9. The van der Waals surface area contributed by atoms with E-state index in [-0.39, 0.29) is 11.5 Å². The van der Waals surface area contributed by atoms with Gasteiger partial charge in [0.05, 0.1) is 19.4 Å². The smallest absolute Gasteiger partial charge is 0.196 e. The number of para-hydroxylation sites is 1. The molecule has 0 saturated carbocycles. The molecule has 0 atom stereocenters. The summed E-state index contributed by atoms with van der Waals surface area (Å²) in [6.45, 7) is 0.472. The molecule has 162 valence electrons. The minimum Gasteiger partial charge on any atom is -0.497 e. The molecule has 0 aliphatic carbocycles. The van der Waals surface area contributed by atoms with Crippen LogP contribution >= 0.6 is 23.4 Å². The Morgan fingerprint density at radius 3 is 2.41 bits per heavy atom. The van der Waals surface area contributed by atoms with Crippen molar-refractivity contribution >= 4 is 34.8 Å². The van der Waals surface area contributed by atoms with E-state index in [0.717, 1.165) is 22.9 Å². The summed E-state index contributed by atoms with van der Waals surface area (Å²) in [5.41, 5.74) is 2.50. The number of carbonyl (C=O) groups excluding carboxylic acids is 1. The van der Waals surface area contributed by atoms with Crippen molar-refractivity contribution in [2.45, 2.75) is 11.7 Å². The molecule has 0 aliphatic rings. The molecule has 0 bridgehead atoms. The summed E-state index contributed by atoms with van der Waals surface area (Å²) in [6, 6.07) is 24.5. The lowest BCUT2D eigenvalue weighted by molar-refractivity contribution is 0.102. The Hall–Kier alpha value is -3.29. The SMILES string of the molecule is COc1ccc(NCc2nnc(SCC(=O)c3ccc(Cl)cc3)n2-c2ccccc2)cc1. The number of aromatic nitrogens is 3. The number of hydrogen-bond donors (Lipinski definition) is 1. The number of halogens is 1. The maximum absolute atomic E-state index is 12.6. The van der Waals surface area contributed by atoms with Crippen LogP contribution in [0.25, 0.3) is 5.69 Å². The molecule has 0 saturated heterocycles. The van der Waals surface area contributed by atoms with Crippen molar-refractivity contribution in [1.29, 1.82) is 0 Å². The molecule has 0 amide bonds. The minimum absolute atomic E-state index is 0.00665. The lowest BCUT2D eigenvalue weighted by Crippen LogP contribution is -2.09. The highest BCUT2D eigenvalue weighted by Crippen LogP contribution is 2.24. The third-order valence-electron chi connectivity index (χ3n) is 4.75. The Labute approximate surface area is 195 Å². The Kier molecular flexibility index (Phi) is 7.09. The third kappa shape index (κ3) is 5.30. The van der Waals surface area contributed by atoms with Gasteiger partial charge in [-0.2, -0.15) is 0 Å². The quantitative estimate of drug-likeness (QED) is 0.260. The van der Waals surface area contributed by atoms with Gasteiger partial charge in [0.2, 0.25) is 0 Å². The maximum atomic E-state index is 12.6. The summed E-state index contributed by atoms with van der Waals surface area (Å²) in [5.74, 6) is 1.80. The Morgan fingerprint density at radius 1 is 1.00 bits per heavy atom. The summed E-state index contributed by atoms with van der Waals surface area (Å²) in [6.07, 6.45) is 0. The molecule has 0 radical (unpaired) electrons. The first-order valence-electron chi connectivity index (χ1n) is 9.93.